The van der Waals surface area contributed by atoms with E-state index in [0.29, 0.717) is 10.4 Å². The molecule has 2 nitrogen and oxygen atoms in total. The highest BCUT2D eigenvalue weighted by atomic mass is 79.9. The summed E-state index contributed by atoms with van der Waals surface area (Å²) in [4.78, 5) is 8.45. The van der Waals surface area contributed by atoms with Crippen LogP contribution < -0.4 is 0 Å². The maximum atomic E-state index is 13.8. The van der Waals surface area contributed by atoms with Crippen molar-refractivity contribution in [1.82, 2.24) is 9.97 Å². The highest BCUT2D eigenvalue weighted by Crippen LogP contribution is 2.28. The van der Waals surface area contributed by atoms with Crippen molar-refractivity contribution in [2.75, 3.05) is 0 Å². The van der Waals surface area contributed by atoms with Crippen LogP contribution in [0.15, 0.2) is 22.8 Å². The summed E-state index contributed by atoms with van der Waals surface area (Å²) in [6.07, 6.45) is 0. The summed E-state index contributed by atoms with van der Waals surface area (Å²) >= 11 is 3.22. The van der Waals surface area contributed by atoms with Crippen molar-refractivity contribution in [2.45, 2.75) is 26.2 Å². The standard InChI is InChI=1S/C14H12BrF3N2/c1-14(2,3)13-19-9(6-10(15)20-13)7-4-5-8(16)12(18)11(7)17/h4-6H,1-3H3. The molecule has 0 radical (unpaired) electrons. The summed E-state index contributed by atoms with van der Waals surface area (Å²) in [6, 6.07) is 3.50. The number of nitrogens with zero attached hydrogens (tertiary/aromatic N) is 2. The van der Waals surface area contributed by atoms with Crippen molar-refractivity contribution in [1.29, 1.82) is 0 Å². The Kier molecular flexibility index (Phi) is 3.86. The maximum absolute atomic E-state index is 13.8. The fraction of sp³-hybridized carbons (Fsp3) is 0.286. The van der Waals surface area contributed by atoms with E-state index in [2.05, 4.69) is 25.9 Å². The first kappa shape index (κ1) is 15.0. The summed E-state index contributed by atoms with van der Waals surface area (Å²) in [7, 11) is 0. The molecule has 20 heavy (non-hydrogen) atoms. The predicted molar refractivity (Wildman–Crippen MR) is 73.7 cm³/mol. The number of hydrogen-bond donors (Lipinski definition) is 0. The van der Waals surface area contributed by atoms with E-state index in [1.165, 1.54) is 6.07 Å². The molecule has 1 aromatic heterocycles. The number of rotatable bonds is 1. The molecule has 0 amide bonds. The largest absolute Gasteiger partial charge is 0.232 e. The van der Waals surface area contributed by atoms with E-state index in [1.807, 2.05) is 20.8 Å². The van der Waals surface area contributed by atoms with Gasteiger partial charge in [-0.3, -0.25) is 0 Å². The molecule has 0 aliphatic rings. The van der Waals surface area contributed by atoms with Crippen LogP contribution in [0.25, 0.3) is 11.3 Å². The van der Waals surface area contributed by atoms with E-state index in [-0.39, 0.29) is 16.7 Å². The van der Waals surface area contributed by atoms with Gasteiger partial charge in [0.05, 0.1) is 5.69 Å². The molecule has 0 spiro atoms. The van der Waals surface area contributed by atoms with Crippen LogP contribution in [-0.2, 0) is 5.41 Å². The van der Waals surface area contributed by atoms with Crippen molar-refractivity contribution in [3.63, 3.8) is 0 Å². The fourth-order valence-electron chi connectivity index (χ4n) is 1.61. The number of benzene rings is 1. The first-order valence-corrected chi connectivity index (χ1v) is 6.68. The van der Waals surface area contributed by atoms with Crippen LogP contribution in [0.4, 0.5) is 13.2 Å². The van der Waals surface area contributed by atoms with Gasteiger partial charge in [0.15, 0.2) is 17.5 Å². The zero-order valence-corrected chi connectivity index (χ0v) is 12.7. The molecule has 0 fully saturated rings. The molecule has 0 unspecified atom stereocenters. The van der Waals surface area contributed by atoms with E-state index >= 15 is 0 Å². The Bertz CT molecular complexity index is 666. The second kappa shape index (κ2) is 5.16. The van der Waals surface area contributed by atoms with Gasteiger partial charge in [0, 0.05) is 11.0 Å². The zero-order valence-electron chi connectivity index (χ0n) is 11.1. The number of aromatic nitrogens is 2. The van der Waals surface area contributed by atoms with Crippen LogP contribution in [0.3, 0.4) is 0 Å². The Morgan fingerprint density at radius 2 is 1.65 bits per heavy atom. The summed E-state index contributed by atoms with van der Waals surface area (Å²) in [5.74, 6) is -3.51. The Morgan fingerprint density at radius 3 is 2.25 bits per heavy atom. The molecule has 0 N–H and O–H groups in total. The normalized spacial score (nSPS) is 11.8. The predicted octanol–water partition coefficient (Wildman–Crippen LogP) is 4.62. The third-order valence-corrected chi connectivity index (χ3v) is 3.08. The highest BCUT2D eigenvalue weighted by molar-refractivity contribution is 9.10. The first-order chi connectivity index (χ1) is 9.20. The molecular weight excluding hydrogens is 333 g/mol. The first-order valence-electron chi connectivity index (χ1n) is 5.89. The van der Waals surface area contributed by atoms with Gasteiger partial charge in [-0.25, -0.2) is 23.1 Å². The lowest BCUT2D eigenvalue weighted by atomic mass is 9.95. The van der Waals surface area contributed by atoms with Crippen LogP contribution in [0.2, 0.25) is 0 Å². The summed E-state index contributed by atoms with van der Waals surface area (Å²) in [5.41, 5.74) is -0.251. The molecule has 0 aliphatic heterocycles. The molecule has 0 atom stereocenters. The maximum Gasteiger partial charge on any atom is 0.195 e. The highest BCUT2D eigenvalue weighted by Gasteiger charge is 2.21. The lowest BCUT2D eigenvalue weighted by Gasteiger charge is -2.17. The van der Waals surface area contributed by atoms with Gasteiger partial charge < -0.3 is 0 Å². The molecule has 0 saturated heterocycles. The number of hydrogen-bond acceptors (Lipinski definition) is 2. The average molecular weight is 345 g/mol. The Morgan fingerprint density at radius 1 is 1.00 bits per heavy atom. The molecular formula is C14H12BrF3N2. The molecule has 2 rings (SSSR count). The Labute approximate surface area is 123 Å². The van der Waals surface area contributed by atoms with Crippen LogP contribution in [-0.4, -0.2) is 9.97 Å². The van der Waals surface area contributed by atoms with Gasteiger partial charge in [-0.05, 0) is 34.1 Å². The molecule has 1 aromatic carbocycles. The Balaban J connectivity index is 2.65. The van der Waals surface area contributed by atoms with Gasteiger partial charge in [-0.15, -0.1) is 0 Å². The van der Waals surface area contributed by atoms with Crippen molar-refractivity contribution in [3.8, 4) is 11.3 Å². The van der Waals surface area contributed by atoms with Crippen molar-refractivity contribution in [2.24, 2.45) is 0 Å². The minimum absolute atomic E-state index is 0.0995. The zero-order chi connectivity index (χ0) is 15.1. The third kappa shape index (κ3) is 2.85. The van der Waals surface area contributed by atoms with Gasteiger partial charge in [0.25, 0.3) is 0 Å². The van der Waals surface area contributed by atoms with E-state index < -0.39 is 17.5 Å². The fourth-order valence-corrected chi connectivity index (χ4v) is 2.00. The molecule has 0 bridgehead atoms. The van der Waals surface area contributed by atoms with Gasteiger partial charge in [0.1, 0.15) is 10.4 Å². The summed E-state index contributed by atoms with van der Waals surface area (Å²) < 4.78 is 40.5. The second-order valence-electron chi connectivity index (χ2n) is 5.37. The third-order valence-electron chi connectivity index (χ3n) is 2.68. The van der Waals surface area contributed by atoms with Gasteiger partial charge in [-0.1, -0.05) is 20.8 Å². The second-order valence-corrected chi connectivity index (χ2v) is 6.18. The van der Waals surface area contributed by atoms with Crippen molar-refractivity contribution < 1.29 is 13.2 Å². The van der Waals surface area contributed by atoms with Crippen molar-refractivity contribution in [3.05, 3.63) is 46.1 Å². The van der Waals surface area contributed by atoms with Crippen LogP contribution in [0, 0.1) is 17.5 Å². The summed E-state index contributed by atoms with van der Waals surface area (Å²) in [6.45, 7) is 5.71. The topological polar surface area (TPSA) is 25.8 Å². The quantitative estimate of drug-likeness (QED) is 0.557. The summed E-state index contributed by atoms with van der Waals surface area (Å²) in [5, 5.41) is 0. The molecule has 1 heterocycles. The monoisotopic (exact) mass is 344 g/mol. The van der Waals surface area contributed by atoms with Crippen LogP contribution >= 0.6 is 15.9 Å². The lowest BCUT2D eigenvalue weighted by molar-refractivity contribution is 0.448. The van der Waals surface area contributed by atoms with Crippen LogP contribution in [0.1, 0.15) is 26.6 Å². The molecule has 0 saturated carbocycles. The van der Waals surface area contributed by atoms with Crippen LogP contribution in [0.5, 0.6) is 0 Å². The molecule has 6 heteroatoms. The molecule has 2 aromatic rings. The number of halogens is 4. The molecule has 106 valence electrons. The van der Waals surface area contributed by atoms with E-state index in [0.717, 1.165) is 12.1 Å². The van der Waals surface area contributed by atoms with Gasteiger partial charge >= 0.3 is 0 Å². The van der Waals surface area contributed by atoms with Gasteiger partial charge in [0.2, 0.25) is 0 Å². The van der Waals surface area contributed by atoms with E-state index in [4.69, 9.17) is 0 Å². The van der Waals surface area contributed by atoms with Gasteiger partial charge in [-0.2, -0.15) is 0 Å². The van der Waals surface area contributed by atoms with E-state index in [1.54, 1.807) is 0 Å². The smallest absolute Gasteiger partial charge is 0.195 e. The average Bonchev–Trinajstić information content (AvgIpc) is 2.34. The SMILES string of the molecule is CC(C)(C)c1nc(Br)cc(-c2ccc(F)c(F)c2F)n1. The van der Waals surface area contributed by atoms with E-state index in [9.17, 15) is 13.2 Å². The Hall–Kier alpha value is -1.43. The lowest BCUT2D eigenvalue weighted by Crippen LogP contribution is -2.16. The minimum atomic E-state index is -1.51. The van der Waals surface area contributed by atoms with Crippen molar-refractivity contribution >= 4 is 15.9 Å². The minimum Gasteiger partial charge on any atom is -0.232 e. The molecule has 0 aliphatic carbocycles.